The fourth-order valence-electron chi connectivity index (χ4n) is 0.656. The Morgan fingerprint density at radius 1 is 1.27 bits per heavy atom. The maximum absolute atomic E-state index is 4.24. The zero-order valence-electron chi connectivity index (χ0n) is 7.84. The fourth-order valence-corrected chi connectivity index (χ4v) is 2.29. The van der Waals surface area contributed by atoms with Crippen LogP contribution in [0.5, 0.6) is 0 Å². The molecule has 1 unspecified atom stereocenters. The van der Waals surface area contributed by atoms with E-state index < -0.39 is 0 Å². The second-order valence-electron chi connectivity index (χ2n) is 3.55. The van der Waals surface area contributed by atoms with Gasteiger partial charge in [0.15, 0.2) is 0 Å². The summed E-state index contributed by atoms with van der Waals surface area (Å²) in [4.78, 5) is 0. The van der Waals surface area contributed by atoms with Crippen molar-refractivity contribution in [3.05, 3.63) is 0 Å². The average molecular weight is 192 g/mol. The number of thiol groups is 1. The Kier molecular flexibility index (Phi) is 7.82. The molecule has 0 aromatic heterocycles. The average Bonchev–Trinajstić information content (AvgIpc) is 1.97. The highest BCUT2D eigenvalue weighted by molar-refractivity contribution is 7.99. The molecular formula is C9H20S2. The van der Waals surface area contributed by atoms with Gasteiger partial charge in [-0.2, -0.15) is 24.4 Å². The van der Waals surface area contributed by atoms with E-state index in [1.807, 2.05) is 0 Å². The number of hydrogen-bond acceptors (Lipinski definition) is 2. The number of thioether (sulfide) groups is 1. The highest BCUT2D eigenvalue weighted by Gasteiger charge is 1.99. The molecule has 0 saturated carbocycles. The minimum atomic E-state index is 0.774. The van der Waals surface area contributed by atoms with E-state index in [0.717, 1.165) is 17.6 Å². The minimum absolute atomic E-state index is 0.774. The van der Waals surface area contributed by atoms with Gasteiger partial charge < -0.3 is 0 Å². The molecule has 0 aromatic carbocycles. The van der Waals surface area contributed by atoms with Crippen molar-refractivity contribution in [3.63, 3.8) is 0 Å². The Hall–Kier alpha value is 0.700. The van der Waals surface area contributed by atoms with Gasteiger partial charge in [0.25, 0.3) is 0 Å². The summed E-state index contributed by atoms with van der Waals surface area (Å²) in [5, 5.41) is 0. The van der Waals surface area contributed by atoms with Crippen molar-refractivity contribution in [1.82, 2.24) is 0 Å². The van der Waals surface area contributed by atoms with E-state index in [1.165, 1.54) is 17.9 Å². The molecule has 68 valence electrons. The molecule has 11 heavy (non-hydrogen) atoms. The SMILES string of the molecule is CC(C)CCSCC(C)CS. The molecule has 1 atom stereocenters. The van der Waals surface area contributed by atoms with Gasteiger partial charge in [0.05, 0.1) is 0 Å². The highest BCUT2D eigenvalue weighted by atomic mass is 32.2. The van der Waals surface area contributed by atoms with E-state index in [-0.39, 0.29) is 0 Å². The lowest BCUT2D eigenvalue weighted by Gasteiger charge is -2.08. The van der Waals surface area contributed by atoms with Crippen LogP contribution in [0.4, 0.5) is 0 Å². The molecule has 0 spiro atoms. The van der Waals surface area contributed by atoms with Crippen LogP contribution < -0.4 is 0 Å². The Morgan fingerprint density at radius 3 is 2.36 bits per heavy atom. The van der Waals surface area contributed by atoms with E-state index in [4.69, 9.17) is 0 Å². The summed E-state index contributed by atoms with van der Waals surface area (Å²) in [5.74, 6) is 5.24. The zero-order chi connectivity index (χ0) is 8.69. The first-order valence-corrected chi connectivity index (χ1v) is 6.14. The topological polar surface area (TPSA) is 0 Å². The van der Waals surface area contributed by atoms with Crippen LogP contribution >= 0.6 is 24.4 Å². The number of hydrogen-bond donors (Lipinski definition) is 1. The molecule has 0 aliphatic carbocycles. The third-order valence-corrected chi connectivity index (χ3v) is 3.51. The van der Waals surface area contributed by atoms with Gasteiger partial charge in [0.2, 0.25) is 0 Å². The van der Waals surface area contributed by atoms with Crippen LogP contribution in [0.2, 0.25) is 0 Å². The summed E-state index contributed by atoms with van der Waals surface area (Å²) >= 11 is 6.31. The summed E-state index contributed by atoms with van der Waals surface area (Å²) in [7, 11) is 0. The zero-order valence-corrected chi connectivity index (χ0v) is 9.55. The maximum atomic E-state index is 4.24. The van der Waals surface area contributed by atoms with Gasteiger partial charge in [0.1, 0.15) is 0 Å². The molecule has 0 rings (SSSR count). The van der Waals surface area contributed by atoms with Crippen LogP contribution in [-0.2, 0) is 0 Å². The van der Waals surface area contributed by atoms with Crippen molar-refractivity contribution in [2.75, 3.05) is 17.3 Å². The van der Waals surface area contributed by atoms with E-state index in [0.29, 0.717) is 0 Å². The first kappa shape index (κ1) is 11.7. The molecule has 0 radical (unpaired) electrons. The molecule has 0 fully saturated rings. The lowest BCUT2D eigenvalue weighted by atomic mass is 10.2. The fraction of sp³-hybridized carbons (Fsp3) is 1.00. The van der Waals surface area contributed by atoms with E-state index >= 15 is 0 Å². The van der Waals surface area contributed by atoms with Gasteiger partial charge >= 0.3 is 0 Å². The van der Waals surface area contributed by atoms with Crippen molar-refractivity contribution in [2.24, 2.45) is 11.8 Å². The van der Waals surface area contributed by atoms with Crippen LogP contribution in [0, 0.1) is 11.8 Å². The maximum Gasteiger partial charge on any atom is -0.00340 e. The molecular weight excluding hydrogens is 172 g/mol. The molecule has 0 amide bonds. The molecule has 0 nitrogen and oxygen atoms in total. The molecule has 2 heteroatoms. The lowest BCUT2D eigenvalue weighted by molar-refractivity contribution is 0.631. The molecule has 0 heterocycles. The molecule has 0 aliphatic heterocycles. The van der Waals surface area contributed by atoms with Crippen molar-refractivity contribution < 1.29 is 0 Å². The third kappa shape index (κ3) is 8.61. The first-order valence-electron chi connectivity index (χ1n) is 4.35. The Balaban J connectivity index is 3.01. The summed E-state index contributed by atoms with van der Waals surface area (Å²) in [5.41, 5.74) is 0. The molecule has 0 bridgehead atoms. The largest absolute Gasteiger partial charge is 0.179 e. The Bertz CT molecular complexity index is 81.6. The van der Waals surface area contributed by atoms with E-state index in [2.05, 4.69) is 45.2 Å². The molecule has 0 aromatic rings. The molecule has 0 saturated heterocycles. The van der Waals surface area contributed by atoms with Crippen LogP contribution in [0.15, 0.2) is 0 Å². The van der Waals surface area contributed by atoms with Crippen LogP contribution in [0.3, 0.4) is 0 Å². The first-order chi connectivity index (χ1) is 5.16. The predicted octanol–water partition coefficient (Wildman–Crippen LogP) is 3.33. The quantitative estimate of drug-likeness (QED) is 0.497. The summed E-state index contributed by atoms with van der Waals surface area (Å²) in [6.07, 6.45) is 1.35. The third-order valence-electron chi connectivity index (χ3n) is 1.55. The van der Waals surface area contributed by atoms with Crippen molar-refractivity contribution in [2.45, 2.75) is 27.2 Å². The van der Waals surface area contributed by atoms with E-state index in [9.17, 15) is 0 Å². The van der Waals surface area contributed by atoms with Crippen LogP contribution in [0.25, 0.3) is 0 Å². The van der Waals surface area contributed by atoms with Crippen molar-refractivity contribution in [1.29, 1.82) is 0 Å². The van der Waals surface area contributed by atoms with E-state index in [1.54, 1.807) is 0 Å². The lowest BCUT2D eigenvalue weighted by Crippen LogP contribution is -2.00. The van der Waals surface area contributed by atoms with Crippen molar-refractivity contribution in [3.8, 4) is 0 Å². The second-order valence-corrected chi connectivity index (χ2v) is 5.06. The van der Waals surface area contributed by atoms with Crippen LogP contribution in [-0.4, -0.2) is 17.3 Å². The number of rotatable bonds is 6. The van der Waals surface area contributed by atoms with Gasteiger partial charge in [0, 0.05) is 0 Å². The van der Waals surface area contributed by atoms with Crippen molar-refractivity contribution >= 4 is 24.4 Å². The minimum Gasteiger partial charge on any atom is -0.179 e. The predicted molar refractivity (Wildman–Crippen MR) is 59.8 cm³/mol. The van der Waals surface area contributed by atoms with Gasteiger partial charge in [-0.25, -0.2) is 0 Å². The Morgan fingerprint density at radius 2 is 1.91 bits per heavy atom. The van der Waals surface area contributed by atoms with Gasteiger partial charge in [-0.1, -0.05) is 20.8 Å². The Labute approximate surface area is 80.9 Å². The van der Waals surface area contributed by atoms with Gasteiger partial charge in [-0.15, -0.1) is 0 Å². The van der Waals surface area contributed by atoms with Gasteiger partial charge in [-0.05, 0) is 35.5 Å². The monoisotopic (exact) mass is 192 g/mol. The summed E-state index contributed by atoms with van der Waals surface area (Å²) in [6.45, 7) is 6.82. The van der Waals surface area contributed by atoms with Gasteiger partial charge in [-0.3, -0.25) is 0 Å². The van der Waals surface area contributed by atoms with Crippen LogP contribution in [0.1, 0.15) is 27.2 Å². The molecule has 0 N–H and O–H groups in total. The summed E-state index contributed by atoms with van der Waals surface area (Å²) < 4.78 is 0. The normalized spacial score (nSPS) is 13.9. The smallest absolute Gasteiger partial charge is 0.00340 e. The molecule has 0 aliphatic rings. The summed E-state index contributed by atoms with van der Waals surface area (Å²) in [6, 6.07) is 0. The standard InChI is InChI=1S/C9H20S2/c1-8(2)4-5-11-7-9(3)6-10/h8-10H,4-7H2,1-3H3. The highest BCUT2D eigenvalue weighted by Crippen LogP contribution is 2.13. The second kappa shape index (κ2) is 7.35.